The van der Waals surface area contributed by atoms with Crippen LogP contribution in [0.2, 0.25) is 5.02 Å². The molecule has 2 nitrogen and oxygen atoms in total. The summed E-state index contributed by atoms with van der Waals surface area (Å²) >= 11 is 5.83. The molecule has 1 aromatic carbocycles. The van der Waals surface area contributed by atoms with Crippen molar-refractivity contribution in [1.82, 2.24) is 4.90 Å². The van der Waals surface area contributed by atoms with E-state index in [1.54, 1.807) is 11.0 Å². The Balaban J connectivity index is 2.20. The maximum absolute atomic E-state index is 13.3. The minimum Gasteiger partial charge on any atom is -0.339 e. The Morgan fingerprint density at radius 1 is 1.18 bits per heavy atom. The predicted octanol–water partition coefficient (Wildman–Crippen LogP) is 3.50. The number of amides is 1. The zero-order valence-corrected chi connectivity index (χ0v) is 10.3. The summed E-state index contributed by atoms with van der Waals surface area (Å²) in [6.45, 7) is 1.48. The van der Waals surface area contributed by atoms with Crippen LogP contribution >= 0.6 is 11.6 Å². The molecule has 0 atom stereocenters. The molecule has 17 heavy (non-hydrogen) atoms. The van der Waals surface area contributed by atoms with Crippen molar-refractivity contribution in [3.63, 3.8) is 0 Å². The van der Waals surface area contributed by atoms with Crippen molar-refractivity contribution in [2.75, 3.05) is 13.1 Å². The molecule has 0 radical (unpaired) electrons. The minimum atomic E-state index is -0.535. The highest BCUT2D eigenvalue weighted by Gasteiger charge is 2.20. The van der Waals surface area contributed by atoms with E-state index >= 15 is 0 Å². The van der Waals surface area contributed by atoms with Gasteiger partial charge in [-0.05, 0) is 25.0 Å². The van der Waals surface area contributed by atoms with Crippen LogP contribution in [0.4, 0.5) is 4.39 Å². The van der Waals surface area contributed by atoms with Gasteiger partial charge in [-0.2, -0.15) is 0 Å². The number of carbonyl (C=O) groups excluding carboxylic acids is 1. The van der Waals surface area contributed by atoms with Gasteiger partial charge in [0, 0.05) is 13.1 Å². The summed E-state index contributed by atoms with van der Waals surface area (Å²) in [6, 6.07) is 4.37. The van der Waals surface area contributed by atoms with Gasteiger partial charge < -0.3 is 4.90 Å². The molecule has 1 aromatic rings. The second kappa shape index (κ2) is 5.50. The number of carbonyl (C=O) groups is 1. The summed E-state index contributed by atoms with van der Waals surface area (Å²) in [6.07, 6.45) is 4.33. The third-order valence-electron chi connectivity index (χ3n) is 3.08. The lowest BCUT2D eigenvalue weighted by Gasteiger charge is -2.20. The van der Waals surface area contributed by atoms with E-state index < -0.39 is 5.82 Å². The summed E-state index contributed by atoms with van der Waals surface area (Å²) < 4.78 is 13.3. The van der Waals surface area contributed by atoms with Gasteiger partial charge in [0.2, 0.25) is 0 Å². The van der Waals surface area contributed by atoms with E-state index in [0.29, 0.717) is 0 Å². The number of nitrogens with zero attached hydrogens (tertiary/aromatic N) is 1. The normalized spacial score (nSPS) is 16.7. The van der Waals surface area contributed by atoms with Gasteiger partial charge in [-0.15, -0.1) is 0 Å². The highest BCUT2D eigenvalue weighted by atomic mass is 35.5. The molecule has 4 heteroatoms. The van der Waals surface area contributed by atoms with Crippen molar-refractivity contribution in [2.24, 2.45) is 0 Å². The largest absolute Gasteiger partial charge is 0.339 e. The first-order valence-corrected chi connectivity index (χ1v) is 6.31. The van der Waals surface area contributed by atoms with Crippen LogP contribution in [0.1, 0.15) is 36.0 Å². The molecule has 1 saturated heterocycles. The monoisotopic (exact) mass is 255 g/mol. The zero-order valence-electron chi connectivity index (χ0n) is 9.59. The van der Waals surface area contributed by atoms with Crippen LogP contribution in [-0.4, -0.2) is 23.9 Å². The average Bonchev–Trinajstić information content (AvgIpc) is 2.60. The van der Waals surface area contributed by atoms with Crippen molar-refractivity contribution < 1.29 is 9.18 Å². The number of rotatable bonds is 1. The average molecular weight is 256 g/mol. The first kappa shape index (κ1) is 12.4. The molecular weight excluding hydrogens is 241 g/mol. The second-order valence-electron chi connectivity index (χ2n) is 4.31. The number of halogens is 2. The summed E-state index contributed by atoms with van der Waals surface area (Å²) in [5.74, 6) is -0.691. The van der Waals surface area contributed by atoms with Crippen molar-refractivity contribution in [2.45, 2.75) is 25.7 Å². The first-order valence-electron chi connectivity index (χ1n) is 5.93. The first-order chi connectivity index (χ1) is 8.20. The highest BCUT2D eigenvalue weighted by Crippen LogP contribution is 2.22. The number of likely N-dealkylation sites (tertiary alicyclic amines) is 1. The molecule has 1 aliphatic heterocycles. The molecular formula is C13H15ClFNO. The molecule has 1 amide bonds. The van der Waals surface area contributed by atoms with Gasteiger partial charge in [-0.1, -0.05) is 30.5 Å². The molecule has 0 aliphatic carbocycles. The SMILES string of the molecule is O=C(c1cccc(F)c1Cl)N1CCCCCC1. The maximum Gasteiger partial charge on any atom is 0.255 e. The lowest BCUT2D eigenvalue weighted by molar-refractivity contribution is 0.0761. The molecule has 0 saturated carbocycles. The van der Waals surface area contributed by atoms with Crippen molar-refractivity contribution >= 4 is 17.5 Å². The Bertz CT molecular complexity index is 414. The topological polar surface area (TPSA) is 20.3 Å². The fraction of sp³-hybridized carbons (Fsp3) is 0.462. The summed E-state index contributed by atoms with van der Waals surface area (Å²) in [5, 5.41) is -0.0678. The summed E-state index contributed by atoms with van der Waals surface area (Å²) in [5.41, 5.74) is 0.272. The number of hydrogen-bond acceptors (Lipinski definition) is 1. The fourth-order valence-corrected chi connectivity index (χ4v) is 2.32. The van der Waals surface area contributed by atoms with Crippen LogP contribution in [-0.2, 0) is 0 Å². The molecule has 0 spiro atoms. The van der Waals surface area contributed by atoms with E-state index in [-0.39, 0.29) is 16.5 Å². The van der Waals surface area contributed by atoms with Gasteiger partial charge in [0.1, 0.15) is 5.82 Å². The van der Waals surface area contributed by atoms with Gasteiger partial charge >= 0.3 is 0 Å². The Labute approximate surface area is 105 Å². The fourth-order valence-electron chi connectivity index (χ4n) is 2.11. The van der Waals surface area contributed by atoms with Crippen LogP contribution in [0, 0.1) is 5.82 Å². The Morgan fingerprint density at radius 2 is 1.82 bits per heavy atom. The van der Waals surface area contributed by atoms with Gasteiger partial charge in [-0.25, -0.2) is 4.39 Å². The second-order valence-corrected chi connectivity index (χ2v) is 4.69. The van der Waals surface area contributed by atoms with E-state index in [0.717, 1.165) is 38.8 Å². The molecule has 0 N–H and O–H groups in total. The van der Waals surface area contributed by atoms with Crippen molar-refractivity contribution in [3.05, 3.63) is 34.6 Å². The molecule has 1 aliphatic rings. The smallest absolute Gasteiger partial charge is 0.255 e. The quantitative estimate of drug-likeness (QED) is 0.752. The van der Waals surface area contributed by atoms with Crippen LogP contribution in [0.25, 0.3) is 0 Å². The van der Waals surface area contributed by atoms with E-state index in [4.69, 9.17) is 11.6 Å². The highest BCUT2D eigenvalue weighted by molar-refractivity contribution is 6.34. The van der Waals surface area contributed by atoms with Crippen LogP contribution in [0.5, 0.6) is 0 Å². The van der Waals surface area contributed by atoms with E-state index in [1.807, 2.05) is 0 Å². The maximum atomic E-state index is 13.3. The van der Waals surface area contributed by atoms with Crippen LogP contribution in [0.3, 0.4) is 0 Å². The van der Waals surface area contributed by atoms with Gasteiger partial charge in [0.25, 0.3) is 5.91 Å². The lowest BCUT2D eigenvalue weighted by atomic mass is 10.2. The van der Waals surface area contributed by atoms with Crippen molar-refractivity contribution in [1.29, 1.82) is 0 Å². The number of hydrogen-bond donors (Lipinski definition) is 0. The molecule has 0 unspecified atom stereocenters. The lowest BCUT2D eigenvalue weighted by Crippen LogP contribution is -2.32. The molecule has 1 heterocycles. The van der Waals surface area contributed by atoms with E-state index in [1.165, 1.54) is 12.1 Å². The molecule has 92 valence electrons. The van der Waals surface area contributed by atoms with E-state index in [2.05, 4.69) is 0 Å². The summed E-state index contributed by atoms with van der Waals surface area (Å²) in [7, 11) is 0. The van der Waals surface area contributed by atoms with Crippen LogP contribution < -0.4 is 0 Å². The Hall–Kier alpha value is -1.09. The molecule has 2 rings (SSSR count). The Morgan fingerprint density at radius 3 is 2.47 bits per heavy atom. The minimum absolute atomic E-state index is 0.0678. The zero-order chi connectivity index (χ0) is 12.3. The molecule has 0 aromatic heterocycles. The van der Waals surface area contributed by atoms with Gasteiger partial charge in [0.05, 0.1) is 10.6 Å². The standard InChI is InChI=1S/C13H15ClFNO/c14-12-10(6-5-7-11(12)15)13(17)16-8-3-1-2-4-9-16/h5-7H,1-4,8-9H2. The number of benzene rings is 1. The van der Waals surface area contributed by atoms with Crippen molar-refractivity contribution in [3.8, 4) is 0 Å². The molecule has 1 fully saturated rings. The van der Waals surface area contributed by atoms with Gasteiger partial charge in [0.15, 0.2) is 0 Å². The third kappa shape index (κ3) is 2.78. The third-order valence-corrected chi connectivity index (χ3v) is 3.46. The predicted molar refractivity (Wildman–Crippen MR) is 65.8 cm³/mol. The van der Waals surface area contributed by atoms with E-state index in [9.17, 15) is 9.18 Å². The molecule has 0 bridgehead atoms. The Kier molecular flexibility index (Phi) is 4.00. The van der Waals surface area contributed by atoms with Crippen LogP contribution in [0.15, 0.2) is 18.2 Å². The summed E-state index contributed by atoms with van der Waals surface area (Å²) in [4.78, 5) is 14.0. The van der Waals surface area contributed by atoms with Gasteiger partial charge in [-0.3, -0.25) is 4.79 Å².